The van der Waals surface area contributed by atoms with Gasteiger partial charge in [-0.05, 0) is 51.2 Å². The van der Waals surface area contributed by atoms with Gasteiger partial charge in [0.15, 0.2) is 23.3 Å². The third-order valence-electron chi connectivity index (χ3n) is 5.19. The van der Waals surface area contributed by atoms with E-state index < -0.39 is 29.7 Å². The zero-order chi connectivity index (χ0) is 23.1. The third-order valence-corrected chi connectivity index (χ3v) is 5.19. The molecule has 7 heteroatoms. The molecular formula is C24H38F4O3. The van der Waals surface area contributed by atoms with E-state index in [2.05, 4.69) is 6.92 Å². The van der Waals surface area contributed by atoms with Crippen molar-refractivity contribution in [3.8, 4) is 0 Å². The summed E-state index contributed by atoms with van der Waals surface area (Å²) in [7, 11) is 0. The van der Waals surface area contributed by atoms with Gasteiger partial charge in [0.25, 0.3) is 6.48 Å². The molecule has 0 aliphatic heterocycles. The molecule has 0 aromatic heterocycles. The van der Waals surface area contributed by atoms with Crippen LogP contribution in [0.25, 0.3) is 0 Å². The van der Waals surface area contributed by atoms with Crippen LogP contribution in [0.15, 0.2) is 6.07 Å². The van der Waals surface area contributed by atoms with E-state index in [0.717, 1.165) is 25.3 Å². The lowest BCUT2D eigenvalue weighted by Crippen LogP contribution is -2.27. The molecule has 0 spiro atoms. The molecule has 0 fully saturated rings. The maximum atomic E-state index is 13.9. The Morgan fingerprint density at radius 2 is 1.29 bits per heavy atom. The topological polar surface area (TPSA) is 27.7 Å². The van der Waals surface area contributed by atoms with Gasteiger partial charge in [-0.25, -0.2) is 17.6 Å². The van der Waals surface area contributed by atoms with Crippen LogP contribution in [0.4, 0.5) is 17.6 Å². The second-order valence-electron chi connectivity index (χ2n) is 7.72. The zero-order valence-corrected chi connectivity index (χ0v) is 19.2. The van der Waals surface area contributed by atoms with Gasteiger partial charge in [0.2, 0.25) is 0 Å². The second-order valence-corrected chi connectivity index (χ2v) is 7.72. The maximum absolute atomic E-state index is 13.9. The molecule has 31 heavy (non-hydrogen) atoms. The molecule has 1 rings (SSSR count). The Hall–Kier alpha value is -1.18. The highest BCUT2D eigenvalue weighted by Crippen LogP contribution is 2.22. The van der Waals surface area contributed by atoms with Crippen LogP contribution < -0.4 is 0 Å². The average molecular weight is 451 g/mol. The SMILES string of the molecule is CCCCCCCCCC(CCCc1cc(F)c(F)c(F)c1F)OC(OCC)OCC. The molecule has 0 bridgehead atoms. The highest BCUT2D eigenvalue weighted by Gasteiger charge is 2.20. The fraction of sp³-hybridized carbons (Fsp3) is 0.750. The van der Waals surface area contributed by atoms with Gasteiger partial charge in [-0.3, -0.25) is 0 Å². The Labute approximate surface area is 184 Å². The Morgan fingerprint density at radius 1 is 0.710 bits per heavy atom. The van der Waals surface area contributed by atoms with Crippen LogP contribution in [0.5, 0.6) is 0 Å². The lowest BCUT2D eigenvalue weighted by molar-refractivity contribution is -0.302. The summed E-state index contributed by atoms with van der Waals surface area (Å²) in [6, 6.07) is 0.725. The average Bonchev–Trinajstić information content (AvgIpc) is 2.75. The van der Waals surface area contributed by atoms with E-state index in [-0.39, 0.29) is 18.1 Å². The van der Waals surface area contributed by atoms with Crippen molar-refractivity contribution in [3.05, 3.63) is 34.9 Å². The maximum Gasteiger partial charge on any atom is 0.271 e. The molecule has 0 radical (unpaired) electrons. The lowest BCUT2D eigenvalue weighted by Gasteiger charge is -2.24. The summed E-state index contributed by atoms with van der Waals surface area (Å²) in [4.78, 5) is 0. The van der Waals surface area contributed by atoms with E-state index >= 15 is 0 Å². The first-order chi connectivity index (χ1) is 14.9. The summed E-state index contributed by atoms with van der Waals surface area (Å²) in [6.45, 7) is 5.99. The molecule has 0 N–H and O–H groups in total. The molecule has 3 nitrogen and oxygen atoms in total. The van der Waals surface area contributed by atoms with Gasteiger partial charge in [-0.1, -0.05) is 51.9 Å². The molecule has 0 saturated heterocycles. The van der Waals surface area contributed by atoms with Crippen LogP contribution in [0, 0.1) is 23.3 Å². The zero-order valence-electron chi connectivity index (χ0n) is 19.2. The van der Waals surface area contributed by atoms with Crippen LogP contribution >= 0.6 is 0 Å². The van der Waals surface area contributed by atoms with E-state index in [1.165, 1.54) is 32.1 Å². The molecule has 1 unspecified atom stereocenters. The molecular weight excluding hydrogens is 412 g/mol. The fourth-order valence-electron chi connectivity index (χ4n) is 3.49. The number of unbranched alkanes of at least 4 members (excludes halogenated alkanes) is 6. The number of hydrogen-bond donors (Lipinski definition) is 0. The summed E-state index contributed by atoms with van der Waals surface area (Å²) in [5, 5.41) is 0. The van der Waals surface area contributed by atoms with E-state index in [9.17, 15) is 17.6 Å². The molecule has 0 aliphatic rings. The van der Waals surface area contributed by atoms with E-state index in [4.69, 9.17) is 14.2 Å². The molecule has 0 heterocycles. The summed E-state index contributed by atoms with van der Waals surface area (Å²) >= 11 is 0. The predicted octanol–water partition coefficient (Wildman–Crippen LogP) is 7.45. The highest BCUT2D eigenvalue weighted by atomic mass is 19.2. The van der Waals surface area contributed by atoms with Gasteiger partial charge in [0.1, 0.15) is 0 Å². The predicted molar refractivity (Wildman–Crippen MR) is 114 cm³/mol. The number of halogens is 4. The van der Waals surface area contributed by atoms with Crippen molar-refractivity contribution >= 4 is 0 Å². The van der Waals surface area contributed by atoms with Gasteiger partial charge in [-0.15, -0.1) is 0 Å². The Kier molecular flexibility index (Phi) is 14.8. The monoisotopic (exact) mass is 450 g/mol. The van der Waals surface area contributed by atoms with Crippen LogP contribution in [0.3, 0.4) is 0 Å². The number of aryl methyl sites for hydroxylation is 1. The number of rotatable bonds is 18. The second kappa shape index (κ2) is 16.5. The van der Waals surface area contributed by atoms with Gasteiger partial charge >= 0.3 is 0 Å². The minimum Gasteiger partial charge on any atom is -0.330 e. The molecule has 0 amide bonds. The largest absolute Gasteiger partial charge is 0.330 e. The van der Waals surface area contributed by atoms with Crippen molar-refractivity contribution in [3.63, 3.8) is 0 Å². The first-order valence-electron chi connectivity index (χ1n) is 11.6. The van der Waals surface area contributed by atoms with Crippen LogP contribution in [0.1, 0.15) is 90.5 Å². The number of hydrogen-bond acceptors (Lipinski definition) is 3. The Balaban J connectivity index is 2.60. The Morgan fingerprint density at radius 3 is 1.90 bits per heavy atom. The summed E-state index contributed by atoms with van der Waals surface area (Å²) < 4.78 is 70.8. The first kappa shape index (κ1) is 27.9. The van der Waals surface area contributed by atoms with Crippen molar-refractivity contribution in [2.45, 2.75) is 104 Å². The van der Waals surface area contributed by atoms with Crippen molar-refractivity contribution in [2.24, 2.45) is 0 Å². The fourth-order valence-corrected chi connectivity index (χ4v) is 3.49. The molecule has 180 valence electrons. The van der Waals surface area contributed by atoms with Gasteiger partial charge < -0.3 is 14.2 Å². The normalized spacial score (nSPS) is 12.6. The molecule has 1 aromatic rings. The van der Waals surface area contributed by atoms with Crippen molar-refractivity contribution in [2.75, 3.05) is 13.2 Å². The number of ether oxygens (including phenoxy) is 3. The third kappa shape index (κ3) is 10.8. The van der Waals surface area contributed by atoms with Crippen molar-refractivity contribution < 1.29 is 31.8 Å². The standard InChI is InChI=1S/C24H38F4O3/c1-4-7-8-9-10-11-12-15-19(31-24(29-5-2)30-6-3)16-13-14-18-17-20(25)22(27)23(28)21(18)26/h17,19,24H,4-16H2,1-3H3. The minimum absolute atomic E-state index is 0.0881. The molecule has 0 saturated carbocycles. The van der Waals surface area contributed by atoms with E-state index in [1.807, 2.05) is 13.8 Å². The van der Waals surface area contributed by atoms with Crippen molar-refractivity contribution in [1.82, 2.24) is 0 Å². The minimum atomic E-state index is -1.78. The van der Waals surface area contributed by atoms with E-state index in [0.29, 0.717) is 26.1 Å². The van der Waals surface area contributed by atoms with Crippen molar-refractivity contribution in [1.29, 1.82) is 0 Å². The Bertz CT molecular complexity index is 607. The van der Waals surface area contributed by atoms with Gasteiger partial charge in [0, 0.05) is 13.2 Å². The van der Waals surface area contributed by atoms with Crippen LogP contribution in [-0.2, 0) is 20.6 Å². The van der Waals surface area contributed by atoms with Gasteiger partial charge in [-0.2, -0.15) is 0 Å². The first-order valence-corrected chi connectivity index (χ1v) is 11.6. The lowest BCUT2D eigenvalue weighted by atomic mass is 10.0. The highest BCUT2D eigenvalue weighted by molar-refractivity contribution is 5.21. The quantitative estimate of drug-likeness (QED) is 0.0764. The molecule has 0 aliphatic carbocycles. The summed E-state index contributed by atoms with van der Waals surface area (Å²) in [6.07, 6.45) is 9.89. The molecule has 1 aromatic carbocycles. The molecule has 1 atom stereocenters. The smallest absolute Gasteiger partial charge is 0.271 e. The van der Waals surface area contributed by atoms with E-state index in [1.54, 1.807) is 0 Å². The van der Waals surface area contributed by atoms with Crippen LogP contribution in [0.2, 0.25) is 0 Å². The van der Waals surface area contributed by atoms with Gasteiger partial charge in [0.05, 0.1) is 6.10 Å². The summed E-state index contributed by atoms with van der Waals surface area (Å²) in [5.74, 6) is -6.25. The number of benzene rings is 1. The summed E-state index contributed by atoms with van der Waals surface area (Å²) in [5.41, 5.74) is -0.169. The van der Waals surface area contributed by atoms with Crippen LogP contribution in [-0.4, -0.2) is 25.8 Å².